The molecule has 1 fully saturated rings. The first-order valence-corrected chi connectivity index (χ1v) is 6.13. The third kappa shape index (κ3) is 2.46. The summed E-state index contributed by atoms with van der Waals surface area (Å²) < 4.78 is 0.644. The van der Waals surface area contributed by atoms with E-state index in [1.165, 1.54) is 11.8 Å². The molecule has 1 heterocycles. The average Bonchev–Trinajstić information content (AvgIpc) is 2.61. The lowest BCUT2D eigenvalue weighted by molar-refractivity contribution is -0.134. The lowest BCUT2D eigenvalue weighted by Crippen LogP contribution is -2.39. The van der Waals surface area contributed by atoms with E-state index in [2.05, 4.69) is 0 Å². The third-order valence-corrected chi connectivity index (χ3v) is 3.84. The molecule has 0 aromatic heterocycles. The quantitative estimate of drug-likeness (QED) is 0.745. The van der Waals surface area contributed by atoms with Crippen LogP contribution in [0.1, 0.15) is 20.3 Å². The van der Waals surface area contributed by atoms with Gasteiger partial charge in [0.05, 0.1) is 12.0 Å². The molecule has 3 nitrogen and oxygen atoms in total. The number of aliphatic hydroxyl groups excluding tert-OH is 1. The summed E-state index contributed by atoms with van der Waals surface area (Å²) in [7, 11) is 0. The maximum atomic E-state index is 11.8. The van der Waals surface area contributed by atoms with E-state index in [0.29, 0.717) is 17.3 Å². The molecule has 2 atom stereocenters. The van der Waals surface area contributed by atoms with Gasteiger partial charge in [-0.05, 0) is 6.42 Å². The largest absolute Gasteiger partial charge is 0.392 e. The van der Waals surface area contributed by atoms with Gasteiger partial charge in [-0.2, -0.15) is 0 Å². The maximum Gasteiger partial charge on any atom is 0.233 e. The lowest BCUT2D eigenvalue weighted by Gasteiger charge is -2.22. The fourth-order valence-corrected chi connectivity index (χ4v) is 2.57. The Hall–Kier alpha value is -0.130. The van der Waals surface area contributed by atoms with Gasteiger partial charge in [-0.15, -0.1) is 0 Å². The second-order valence-electron chi connectivity index (χ2n) is 3.37. The van der Waals surface area contributed by atoms with Crippen LogP contribution in [0.15, 0.2) is 0 Å². The van der Waals surface area contributed by atoms with Crippen molar-refractivity contribution in [1.82, 2.24) is 4.90 Å². The summed E-state index contributed by atoms with van der Waals surface area (Å²) in [6.07, 6.45) is 0.0385. The molecule has 1 rings (SSSR count). The van der Waals surface area contributed by atoms with E-state index < -0.39 is 6.10 Å². The second kappa shape index (κ2) is 5.09. The molecule has 0 aromatic carbocycles. The van der Waals surface area contributed by atoms with Crippen LogP contribution < -0.4 is 0 Å². The smallest absolute Gasteiger partial charge is 0.233 e. The zero-order valence-electron chi connectivity index (χ0n) is 8.40. The van der Waals surface area contributed by atoms with Crippen molar-refractivity contribution < 1.29 is 9.90 Å². The number of carbonyl (C=O) groups is 1. The zero-order valence-corrected chi connectivity index (χ0v) is 10.0. The Bertz CT molecular complexity index is 245. The number of hydrogen-bond acceptors (Lipinski definition) is 4. The van der Waals surface area contributed by atoms with E-state index in [0.717, 1.165) is 5.75 Å². The summed E-state index contributed by atoms with van der Waals surface area (Å²) in [5.74, 6) is 0.477. The van der Waals surface area contributed by atoms with Gasteiger partial charge in [0.1, 0.15) is 4.32 Å². The number of thioether (sulfide) groups is 1. The molecule has 14 heavy (non-hydrogen) atoms. The summed E-state index contributed by atoms with van der Waals surface area (Å²) in [4.78, 5) is 13.4. The molecule has 80 valence electrons. The second-order valence-corrected chi connectivity index (χ2v) is 5.10. The molecular weight excluding hydrogens is 218 g/mol. The number of amides is 1. The highest BCUT2D eigenvalue weighted by Crippen LogP contribution is 2.21. The molecule has 0 spiro atoms. The standard InChI is InChI=1S/C9H15NO2S2/c1-3-7(11)6(2)8(12)10-4-5-14-9(10)13/h6-7,11H,3-5H2,1-2H3/t6-,7+/m1/s1. The monoisotopic (exact) mass is 233 g/mol. The molecule has 0 saturated carbocycles. The number of carbonyl (C=O) groups excluding carboxylic acids is 1. The number of nitrogens with zero attached hydrogens (tertiary/aromatic N) is 1. The summed E-state index contributed by atoms with van der Waals surface area (Å²) in [6.45, 7) is 4.30. The third-order valence-electron chi connectivity index (χ3n) is 2.41. The molecule has 5 heteroatoms. The van der Waals surface area contributed by atoms with Gasteiger partial charge < -0.3 is 5.11 Å². The van der Waals surface area contributed by atoms with Crippen molar-refractivity contribution >= 4 is 34.2 Å². The molecule has 0 radical (unpaired) electrons. The van der Waals surface area contributed by atoms with E-state index in [1.807, 2.05) is 6.92 Å². The van der Waals surface area contributed by atoms with Gasteiger partial charge in [0.15, 0.2) is 0 Å². The molecule has 0 aromatic rings. The van der Waals surface area contributed by atoms with Crippen molar-refractivity contribution in [2.24, 2.45) is 5.92 Å². The Morgan fingerprint density at radius 1 is 1.79 bits per heavy atom. The van der Waals surface area contributed by atoms with Gasteiger partial charge >= 0.3 is 0 Å². The van der Waals surface area contributed by atoms with Crippen LogP contribution >= 0.6 is 24.0 Å². The van der Waals surface area contributed by atoms with Crippen LogP contribution in [0.2, 0.25) is 0 Å². The Kier molecular flexibility index (Phi) is 4.34. The van der Waals surface area contributed by atoms with Gasteiger partial charge in [-0.25, -0.2) is 0 Å². The summed E-state index contributed by atoms with van der Waals surface area (Å²) in [5.41, 5.74) is 0. The molecule has 0 unspecified atom stereocenters. The minimum atomic E-state index is -0.559. The molecule has 1 saturated heterocycles. The highest BCUT2D eigenvalue weighted by Gasteiger charge is 2.30. The van der Waals surface area contributed by atoms with E-state index in [4.69, 9.17) is 12.2 Å². The molecule has 1 aliphatic heterocycles. The van der Waals surface area contributed by atoms with Crippen LogP contribution in [0, 0.1) is 5.92 Å². The Labute approximate surface area is 93.9 Å². The topological polar surface area (TPSA) is 40.5 Å². The Balaban J connectivity index is 2.60. The van der Waals surface area contributed by atoms with Gasteiger partial charge in [-0.1, -0.05) is 37.8 Å². The van der Waals surface area contributed by atoms with E-state index >= 15 is 0 Å². The fraction of sp³-hybridized carbons (Fsp3) is 0.778. The van der Waals surface area contributed by atoms with Crippen molar-refractivity contribution in [3.63, 3.8) is 0 Å². The number of hydrogen-bond donors (Lipinski definition) is 1. The van der Waals surface area contributed by atoms with Gasteiger partial charge in [-0.3, -0.25) is 9.69 Å². The molecule has 0 bridgehead atoms. The Morgan fingerprint density at radius 3 is 2.86 bits per heavy atom. The van der Waals surface area contributed by atoms with Crippen LogP contribution in [0.25, 0.3) is 0 Å². The van der Waals surface area contributed by atoms with Crippen molar-refractivity contribution in [3.8, 4) is 0 Å². The van der Waals surface area contributed by atoms with E-state index in [9.17, 15) is 9.90 Å². The van der Waals surface area contributed by atoms with Crippen LogP contribution in [0.3, 0.4) is 0 Å². The van der Waals surface area contributed by atoms with Crippen LogP contribution in [-0.2, 0) is 4.79 Å². The number of thiocarbonyl (C=S) groups is 1. The molecular formula is C9H15NO2S2. The number of rotatable bonds is 3. The highest BCUT2D eigenvalue weighted by molar-refractivity contribution is 8.23. The van der Waals surface area contributed by atoms with Crippen molar-refractivity contribution in [2.75, 3.05) is 12.3 Å². The number of aliphatic hydroxyl groups is 1. The zero-order chi connectivity index (χ0) is 10.7. The molecule has 1 aliphatic rings. The summed E-state index contributed by atoms with van der Waals surface area (Å²) in [5, 5.41) is 9.55. The summed E-state index contributed by atoms with van der Waals surface area (Å²) >= 11 is 6.57. The predicted octanol–water partition coefficient (Wildman–Crippen LogP) is 1.25. The predicted molar refractivity (Wildman–Crippen MR) is 62.2 cm³/mol. The summed E-state index contributed by atoms with van der Waals surface area (Å²) in [6, 6.07) is 0. The molecule has 1 N–H and O–H groups in total. The minimum absolute atomic E-state index is 0.0469. The van der Waals surface area contributed by atoms with Crippen LogP contribution in [0.5, 0.6) is 0 Å². The van der Waals surface area contributed by atoms with Crippen molar-refractivity contribution in [3.05, 3.63) is 0 Å². The van der Waals surface area contributed by atoms with Crippen LogP contribution in [0.4, 0.5) is 0 Å². The van der Waals surface area contributed by atoms with E-state index in [1.54, 1.807) is 11.8 Å². The van der Waals surface area contributed by atoms with Crippen LogP contribution in [-0.4, -0.2) is 38.6 Å². The van der Waals surface area contributed by atoms with Crippen molar-refractivity contribution in [1.29, 1.82) is 0 Å². The first-order chi connectivity index (χ1) is 6.57. The molecule has 1 amide bonds. The lowest BCUT2D eigenvalue weighted by atomic mass is 10.0. The minimum Gasteiger partial charge on any atom is -0.392 e. The van der Waals surface area contributed by atoms with Gasteiger partial charge in [0.2, 0.25) is 5.91 Å². The normalized spacial score (nSPS) is 21.1. The van der Waals surface area contributed by atoms with E-state index in [-0.39, 0.29) is 11.8 Å². The highest BCUT2D eigenvalue weighted by atomic mass is 32.2. The van der Waals surface area contributed by atoms with Crippen molar-refractivity contribution in [2.45, 2.75) is 26.4 Å². The Morgan fingerprint density at radius 2 is 2.43 bits per heavy atom. The first-order valence-electron chi connectivity index (χ1n) is 4.74. The maximum absolute atomic E-state index is 11.8. The molecule has 0 aliphatic carbocycles. The van der Waals surface area contributed by atoms with Gasteiger partial charge in [0, 0.05) is 12.3 Å². The first kappa shape index (κ1) is 11.9. The van der Waals surface area contributed by atoms with Gasteiger partial charge in [0.25, 0.3) is 0 Å². The average molecular weight is 233 g/mol. The SMILES string of the molecule is CC[C@H](O)[C@@H](C)C(=O)N1CCSC1=S. The fourth-order valence-electron chi connectivity index (χ4n) is 1.36.